The van der Waals surface area contributed by atoms with Crippen molar-refractivity contribution in [1.82, 2.24) is 0 Å². The topological polar surface area (TPSA) is 0 Å². The van der Waals surface area contributed by atoms with Gasteiger partial charge in [-0.25, -0.2) is 0 Å². The zero-order valence-corrected chi connectivity index (χ0v) is 13.0. The molecule has 0 aliphatic rings. The zero-order chi connectivity index (χ0) is 12.2. The number of rotatable bonds is 0. The third kappa shape index (κ3) is 8.74. The van der Waals surface area contributed by atoms with Gasteiger partial charge in [0.1, 0.15) is 0 Å². The average molecular weight is 434 g/mol. The Morgan fingerprint density at radius 1 is 0.562 bits per heavy atom. The van der Waals surface area contributed by atoms with Crippen molar-refractivity contribution >= 4 is 45.2 Å². The second kappa shape index (κ2) is 11.0. The van der Waals surface area contributed by atoms with Crippen molar-refractivity contribution in [2.24, 2.45) is 0 Å². The summed E-state index contributed by atoms with van der Waals surface area (Å²) in [5.74, 6) is 0. The van der Waals surface area contributed by atoms with E-state index in [-0.39, 0.29) is 0 Å². The summed E-state index contributed by atoms with van der Waals surface area (Å²) < 4.78 is 2.58. The maximum absolute atomic E-state index is 4.00. The van der Waals surface area contributed by atoms with Crippen molar-refractivity contribution < 1.29 is 0 Å². The van der Waals surface area contributed by atoms with E-state index in [0.717, 1.165) is 0 Å². The van der Waals surface area contributed by atoms with E-state index < -0.39 is 0 Å². The predicted octanol–water partition coefficient (Wildman–Crippen LogP) is 4.83. The zero-order valence-electron chi connectivity index (χ0n) is 8.68. The van der Waals surface area contributed by atoms with E-state index in [2.05, 4.69) is 82.3 Å². The summed E-state index contributed by atoms with van der Waals surface area (Å²) in [7, 11) is 0. The van der Waals surface area contributed by atoms with Crippen molar-refractivity contribution in [1.29, 1.82) is 0 Å². The van der Waals surface area contributed by atoms with Crippen LogP contribution < -0.4 is 0 Å². The highest BCUT2D eigenvalue weighted by atomic mass is 127. The van der Waals surface area contributed by atoms with Crippen LogP contribution in [-0.2, 0) is 0 Å². The van der Waals surface area contributed by atoms with E-state index in [1.165, 1.54) is 7.14 Å². The second-order valence-corrected chi connectivity index (χ2v) is 5.08. The molecule has 16 heavy (non-hydrogen) atoms. The molecule has 0 bridgehead atoms. The molecule has 0 amide bonds. The lowest BCUT2D eigenvalue weighted by atomic mass is 10.4. The van der Waals surface area contributed by atoms with Gasteiger partial charge >= 0.3 is 0 Å². The Balaban J connectivity index is 0.000000244. The fraction of sp³-hybridized carbons (Fsp3) is 0. The fourth-order valence-corrected chi connectivity index (χ4v) is 1.66. The van der Waals surface area contributed by atoms with Crippen LogP contribution >= 0.6 is 45.2 Å². The predicted molar refractivity (Wildman–Crippen MR) is 88.2 cm³/mol. The lowest BCUT2D eigenvalue weighted by molar-refractivity contribution is 1.65. The van der Waals surface area contributed by atoms with Gasteiger partial charge in [-0.2, -0.15) is 0 Å². The van der Waals surface area contributed by atoms with Crippen molar-refractivity contribution in [2.45, 2.75) is 0 Å². The standard InChI is InChI=1S/2C6H5I.C2H2/c2*7-6-4-2-1-3-5-6;1-2/h2*1-5H;1-2H. The largest absolute Gasteiger partial charge is 0.124 e. The Kier molecular flexibility index (Phi) is 10.6. The molecule has 0 saturated heterocycles. The van der Waals surface area contributed by atoms with Gasteiger partial charge in [0.05, 0.1) is 0 Å². The minimum Gasteiger partial charge on any atom is -0.124 e. The molecule has 0 heterocycles. The van der Waals surface area contributed by atoms with Crippen LogP contribution in [0.15, 0.2) is 60.7 Å². The van der Waals surface area contributed by atoms with Gasteiger partial charge in [-0.1, -0.05) is 36.4 Å². The van der Waals surface area contributed by atoms with Crippen LogP contribution in [0.4, 0.5) is 0 Å². The summed E-state index contributed by atoms with van der Waals surface area (Å²) in [4.78, 5) is 0. The van der Waals surface area contributed by atoms with Gasteiger partial charge in [-0.3, -0.25) is 0 Å². The minimum absolute atomic E-state index is 1.29. The van der Waals surface area contributed by atoms with Crippen LogP contribution in [-0.4, -0.2) is 0 Å². The second-order valence-electron chi connectivity index (χ2n) is 2.59. The first-order valence-corrected chi connectivity index (χ1v) is 6.69. The van der Waals surface area contributed by atoms with Crippen LogP contribution in [0.1, 0.15) is 0 Å². The van der Waals surface area contributed by atoms with Crippen LogP contribution in [0.25, 0.3) is 0 Å². The molecule has 2 heteroatoms. The van der Waals surface area contributed by atoms with E-state index in [1.807, 2.05) is 36.4 Å². The summed E-state index contributed by atoms with van der Waals surface area (Å²) in [5, 5.41) is 0. The summed E-state index contributed by atoms with van der Waals surface area (Å²) in [5.41, 5.74) is 0. The van der Waals surface area contributed by atoms with Crippen molar-refractivity contribution in [2.75, 3.05) is 0 Å². The molecule has 2 aromatic rings. The Morgan fingerprint density at radius 3 is 0.938 bits per heavy atom. The molecular formula is C14H12I2. The molecule has 0 aliphatic heterocycles. The molecule has 0 radical (unpaired) electrons. The van der Waals surface area contributed by atoms with Crippen molar-refractivity contribution in [3.63, 3.8) is 0 Å². The molecule has 2 rings (SSSR count). The lowest BCUT2D eigenvalue weighted by Gasteiger charge is -1.80. The number of hydrogen-bond acceptors (Lipinski definition) is 0. The average Bonchev–Trinajstić information content (AvgIpc) is 2.34. The highest BCUT2D eigenvalue weighted by molar-refractivity contribution is 14.1. The normalized spacial score (nSPS) is 7.75. The fourth-order valence-electron chi connectivity index (χ4n) is 0.829. The molecule has 0 fully saturated rings. The Hall–Kier alpha value is -0.540. The third-order valence-corrected chi connectivity index (χ3v) is 2.90. The Labute approximate surface area is 125 Å². The first-order chi connectivity index (χ1) is 7.79. The monoisotopic (exact) mass is 434 g/mol. The van der Waals surface area contributed by atoms with Gasteiger partial charge in [0.15, 0.2) is 0 Å². The van der Waals surface area contributed by atoms with Crippen LogP contribution in [0, 0.1) is 20.0 Å². The number of terminal acetylenes is 1. The molecule has 0 saturated carbocycles. The maximum atomic E-state index is 4.00. The van der Waals surface area contributed by atoms with Gasteiger partial charge in [-0.15, -0.1) is 12.8 Å². The maximum Gasteiger partial charge on any atom is 0.0130 e. The highest BCUT2D eigenvalue weighted by Gasteiger charge is 1.74. The summed E-state index contributed by atoms with van der Waals surface area (Å²) in [6, 6.07) is 20.4. The van der Waals surface area contributed by atoms with Crippen LogP contribution in [0.5, 0.6) is 0 Å². The van der Waals surface area contributed by atoms with Gasteiger partial charge in [0.25, 0.3) is 0 Å². The third-order valence-electron chi connectivity index (χ3n) is 1.47. The Bertz CT molecular complexity index is 342. The molecule has 0 unspecified atom stereocenters. The van der Waals surface area contributed by atoms with Crippen LogP contribution in [0.2, 0.25) is 0 Å². The number of hydrogen-bond donors (Lipinski definition) is 0. The summed E-state index contributed by atoms with van der Waals surface area (Å²) in [6.45, 7) is 0. The summed E-state index contributed by atoms with van der Waals surface area (Å²) in [6.07, 6.45) is 8.00. The van der Waals surface area contributed by atoms with Crippen LogP contribution in [0.3, 0.4) is 0 Å². The molecule has 0 N–H and O–H groups in total. The van der Waals surface area contributed by atoms with Crippen molar-refractivity contribution in [3.05, 3.63) is 67.8 Å². The smallest absolute Gasteiger partial charge is 0.0130 e. The van der Waals surface area contributed by atoms with Gasteiger partial charge < -0.3 is 0 Å². The lowest BCUT2D eigenvalue weighted by Crippen LogP contribution is -1.61. The number of benzene rings is 2. The molecule has 0 atom stereocenters. The molecule has 82 valence electrons. The first-order valence-electron chi connectivity index (χ1n) is 4.53. The van der Waals surface area contributed by atoms with Gasteiger partial charge in [-0.05, 0) is 69.4 Å². The van der Waals surface area contributed by atoms with E-state index in [9.17, 15) is 0 Å². The van der Waals surface area contributed by atoms with E-state index >= 15 is 0 Å². The van der Waals surface area contributed by atoms with Crippen molar-refractivity contribution in [3.8, 4) is 12.8 Å². The Morgan fingerprint density at radius 2 is 0.812 bits per heavy atom. The van der Waals surface area contributed by atoms with E-state index in [0.29, 0.717) is 0 Å². The quantitative estimate of drug-likeness (QED) is 0.412. The minimum atomic E-state index is 1.29. The number of halogens is 2. The first kappa shape index (κ1) is 15.5. The SMILES string of the molecule is C#C.Ic1ccccc1.Ic1ccccc1. The van der Waals surface area contributed by atoms with E-state index in [1.54, 1.807) is 0 Å². The van der Waals surface area contributed by atoms with Gasteiger partial charge in [0.2, 0.25) is 0 Å². The highest BCUT2D eigenvalue weighted by Crippen LogP contribution is 2.00. The molecular weight excluding hydrogens is 422 g/mol. The molecule has 2 aromatic carbocycles. The summed E-state index contributed by atoms with van der Waals surface area (Å²) >= 11 is 4.56. The molecule has 0 aliphatic carbocycles. The molecule has 0 aromatic heterocycles. The molecule has 0 spiro atoms. The van der Waals surface area contributed by atoms with Gasteiger partial charge in [0, 0.05) is 7.14 Å². The van der Waals surface area contributed by atoms with E-state index in [4.69, 9.17) is 0 Å². The molecule has 0 nitrogen and oxygen atoms in total.